The Labute approximate surface area is 151 Å². The lowest BCUT2D eigenvalue weighted by Crippen LogP contribution is -2.54. The second kappa shape index (κ2) is 6.53. The molecule has 7 heteroatoms. The number of nitrogens with zero attached hydrogens (tertiary/aromatic N) is 4. The highest BCUT2D eigenvalue weighted by molar-refractivity contribution is 7.18. The topological polar surface area (TPSA) is 69.6 Å². The van der Waals surface area contributed by atoms with Gasteiger partial charge < -0.3 is 14.9 Å². The van der Waals surface area contributed by atoms with Crippen molar-refractivity contribution in [2.24, 2.45) is 5.41 Å². The first kappa shape index (κ1) is 16.7. The minimum absolute atomic E-state index is 0.0343. The molecule has 1 atom stereocenters. The molecule has 25 heavy (non-hydrogen) atoms. The van der Waals surface area contributed by atoms with Gasteiger partial charge in [-0.15, -0.1) is 11.3 Å². The Balaban J connectivity index is 1.61. The molecule has 2 aromatic rings. The lowest BCUT2D eigenvalue weighted by Gasteiger charge is -2.48. The average Bonchev–Trinajstić information content (AvgIpc) is 3.00. The predicted molar refractivity (Wildman–Crippen MR) is 98.9 cm³/mol. The lowest BCUT2D eigenvalue weighted by molar-refractivity contribution is -0.138. The van der Waals surface area contributed by atoms with E-state index in [9.17, 15) is 9.90 Å². The number of carbonyl (C=O) groups excluding carboxylic acids is 1. The van der Waals surface area contributed by atoms with Gasteiger partial charge in [0.05, 0.1) is 16.8 Å². The Morgan fingerprint density at radius 3 is 3.04 bits per heavy atom. The fourth-order valence-electron chi connectivity index (χ4n) is 4.33. The molecular weight excluding hydrogens is 336 g/mol. The third kappa shape index (κ3) is 3.00. The molecule has 4 heterocycles. The molecule has 4 rings (SSSR count). The second-order valence-corrected chi connectivity index (χ2v) is 8.24. The van der Waals surface area contributed by atoms with Crippen LogP contribution in [-0.2, 0) is 4.79 Å². The molecule has 0 bridgehead atoms. The summed E-state index contributed by atoms with van der Waals surface area (Å²) < 4.78 is 1.16. The monoisotopic (exact) mass is 360 g/mol. The molecule has 2 fully saturated rings. The van der Waals surface area contributed by atoms with Gasteiger partial charge in [-0.05, 0) is 37.1 Å². The molecule has 1 amide bonds. The first-order valence-corrected chi connectivity index (χ1v) is 9.82. The van der Waals surface area contributed by atoms with E-state index in [0.717, 1.165) is 54.9 Å². The molecule has 0 aliphatic carbocycles. The van der Waals surface area contributed by atoms with Crippen LogP contribution < -0.4 is 4.90 Å². The number of aliphatic hydroxyl groups is 1. The maximum absolute atomic E-state index is 12.1. The van der Waals surface area contributed by atoms with E-state index >= 15 is 0 Å². The second-order valence-electron chi connectivity index (χ2n) is 7.36. The van der Waals surface area contributed by atoms with E-state index in [0.29, 0.717) is 13.0 Å². The van der Waals surface area contributed by atoms with Crippen molar-refractivity contribution in [1.29, 1.82) is 0 Å². The quantitative estimate of drug-likeness (QED) is 0.909. The van der Waals surface area contributed by atoms with Crippen LogP contribution in [0.15, 0.2) is 11.7 Å². The summed E-state index contributed by atoms with van der Waals surface area (Å²) >= 11 is 1.71. The van der Waals surface area contributed by atoms with Gasteiger partial charge in [-0.25, -0.2) is 9.97 Å². The van der Waals surface area contributed by atoms with Crippen molar-refractivity contribution < 1.29 is 9.90 Å². The van der Waals surface area contributed by atoms with Crippen molar-refractivity contribution in [3.8, 4) is 0 Å². The van der Waals surface area contributed by atoms with E-state index in [4.69, 9.17) is 0 Å². The van der Waals surface area contributed by atoms with Crippen LogP contribution in [0, 0.1) is 12.3 Å². The lowest BCUT2D eigenvalue weighted by atomic mass is 9.73. The highest BCUT2D eigenvalue weighted by atomic mass is 32.1. The number of piperidine rings is 2. The Morgan fingerprint density at radius 1 is 1.32 bits per heavy atom. The van der Waals surface area contributed by atoms with E-state index in [1.165, 1.54) is 5.56 Å². The maximum Gasteiger partial charge on any atom is 0.222 e. The van der Waals surface area contributed by atoms with Gasteiger partial charge in [-0.2, -0.15) is 0 Å². The van der Waals surface area contributed by atoms with E-state index < -0.39 is 0 Å². The van der Waals surface area contributed by atoms with Crippen molar-refractivity contribution in [3.63, 3.8) is 0 Å². The zero-order valence-corrected chi connectivity index (χ0v) is 15.4. The van der Waals surface area contributed by atoms with Crippen LogP contribution in [0.5, 0.6) is 0 Å². The van der Waals surface area contributed by atoms with Crippen molar-refractivity contribution in [2.45, 2.75) is 32.6 Å². The summed E-state index contributed by atoms with van der Waals surface area (Å²) in [4.78, 5) is 25.4. The van der Waals surface area contributed by atoms with Crippen molar-refractivity contribution in [2.75, 3.05) is 37.7 Å². The number of rotatable bonds is 3. The fourth-order valence-corrected chi connectivity index (χ4v) is 5.35. The number of fused-ring (bicyclic) bond motifs is 1. The number of likely N-dealkylation sites (tertiary alicyclic amines) is 1. The molecule has 0 saturated carbocycles. The highest BCUT2D eigenvalue weighted by Crippen LogP contribution is 2.41. The van der Waals surface area contributed by atoms with Gasteiger partial charge >= 0.3 is 0 Å². The summed E-state index contributed by atoms with van der Waals surface area (Å²) in [5.74, 6) is 1.21. The molecule has 1 spiro atoms. The molecule has 0 unspecified atom stereocenters. The van der Waals surface area contributed by atoms with Crippen LogP contribution in [0.25, 0.3) is 10.2 Å². The van der Waals surface area contributed by atoms with Crippen molar-refractivity contribution >= 4 is 33.3 Å². The number of aliphatic hydroxyl groups excluding tert-OH is 1. The summed E-state index contributed by atoms with van der Waals surface area (Å²) in [5, 5.41) is 11.4. The molecule has 2 saturated heterocycles. The third-order valence-corrected chi connectivity index (χ3v) is 6.67. The zero-order valence-electron chi connectivity index (χ0n) is 14.6. The summed E-state index contributed by atoms with van der Waals surface area (Å²) in [6.07, 6.45) is 5.43. The average molecular weight is 360 g/mol. The summed E-state index contributed by atoms with van der Waals surface area (Å²) in [6, 6.07) is 0. The fraction of sp³-hybridized carbons (Fsp3) is 0.611. The van der Waals surface area contributed by atoms with Crippen LogP contribution in [0.4, 0.5) is 5.82 Å². The van der Waals surface area contributed by atoms with Crippen LogP contribution in [-0.4, -0.2) is 58.7 Å². The maximum atomic E-state index is 12.1. The normalized spacial score (nSPS) is 24.5. The summed E-state index contributed by atoms with van der Waals surface area (Å²) in [5.41, 5.74) is 2.37. The van der Waals surface area contributed by atoms with Gasteiger partial charge in [0.1, 0.15) is 12.1 Å². The first-order valence-electron chi connectivity index (χ1n) is 8.94. The molecule has 0 aromatic carbocycles. The van der Waals surface area contributed by atoms with Crippen molar-refractivity contribution in [1.82, 2.24) is 14.9 Å². The number of carbonyl (C=O) groups is 1. The van der Waals surface area contributed by atoms with E-state index in [2.05, 4.69) is 27.2 Å². The van der Waals surface area contributed by atoms with Gasteiger partial charge in [0.15, 0.2) is 0 Å². The van der Waals surface area contributed by atoms with Crippen LogP contribution in [0.3, 0.4) is 0 Å². The molecule has 6 nitrogen and oxygen atoms in total. The number of amides is 1. The van der Waals surface area contributed by atoms with E-state index in [1.54, 1.807) is 17.7 Å². The van der Waals surface area contributed by atoms with Gasteiger partial charge in [0, 0.05) is 38.0 Å². The molecule has 2 aromatic heterocycles. The minimum atomic E-state index is 0.0343. The van der Waals surface area contributed by atoms with Gasteiger partial charge in [0.25, 0.3) is 0 Å². The van der Waals surface area contributed by atoms with Crippen LogP contribution >= 0.6 is 11.3 Å². The molecular formula is C18H24N4O2S. The number of aryl methyl sites for hydroxylation is 1. The number of aromatic nitrogens is 2. The molecule has 2 aliphatic rings. The van der Waals surface area contributed by atoms with Crippen molar-refractivity contribution in [3.05, 3.63) is 17.3 Å². The van der Waals surface area contributed by atoms with Gasteiger partial charge in [-0.1, -0.05) is 0 Å². The Bertz CT molecular complexity index is 792. The Hall–Kier alpha value is -1.73. The Kier molecular flexibility index (Phi) is 4.37. The number of hydrogen-bond donors (Lipinski definition) is 1. The molecule has 134 valence electrons. The first-order chi connectivity index (χ1) is 12.1. The van der Waals surface area contributed by atoms with Crippen LogP contribution in [0.1, 0.15) is 31.2 Å². The Morgan fingerprint density at radius 2 is 2.20 bits per heavy atom. The van der Waals surface area contributed by atoms with Gasteiger partial charge in [-0.3, -0.25) is 4.79 Å². The number of β-amino-alcohol motifs (C(OH)–C–C–N with tert-alkyl or cyclic N) is 1. The largest absolute Gasteiger partial charge is 0.395 e. The van der Waals surface area contributed by atoms with Crippen LogP contribution in [0.2, 0.25) is 0 Å². The summed E-state index contributed by atoms with van der Waals surface area (Å²) in [7, 11) is 0. The van der Waals surface area contributed by atoms with E-state index in [-0.39, 0.29) is 17.9 Å². The number of anilines is 1. The zero-order chi connectivity index (χ0) is 17.4. The minimum Gasteiger partial charge on any atom is -0.395 e. The molecule has 0 radical (unpaired) electrons. The molecule has 1 N–H and O–H groups in total. The predicted octanol–water partition coefficient (Wildman–Crippen LogP) is 2.20. The summed E-state index contributed by atoms with van der Waals surface area (Å²) in [6.45, 7) is 5.24. The standard InChI is InChI=1S/C18H24N4O2S/c1-13-9-25-16-15(13)19-12-20-17(16)22-6-2-4-18(11-22)5-3-14(24)21(10-18)7-8-23/h9,12,23H,2-8,10-11H2,1H3/t18-/m1/s1. The SMILES string of the molecule is Cc1csc2c(N3CCC[C@]4(CCC(=O)N(CCO)C4)C3)ncnc12. The van der Waals surface area contributed by atoms with E-state index in [1.807, 2.05) is 4.90 Å². The van der Waals surface area contributed by atoms with Gasteiger partial charge in [0.2, 0.25) is 5.91 Å². The number of thiophene rings is 1. The third-order valence-electron chi connectivity index (χ3n) is 5.59. The number of hydrogen-bond acceptors (Lipinski definition) is 6. The highest BCUT2D eigenvalue weighted by Gasteiger charge is 2.42. The molecule has 2 aliphatic heterocycles. The smallest absolute Gasteiger partial charge is 0.222 e.